The molecular weight excluding hydrogens is 314 g/mol. The Labute approximate surface area is 164 Å². The Bertz CT molecular complexity index is 435. The molecule has 1 heteroatoms. The molecule has 26 heavy (non-hydrogen) atoms. The van der Waals surface area contributed by atoms with Crippen LogP contribution in [0.25, 0.3) is 0 Å². The second kappa shape index (κ2) is 15.3. The van der Waals surface area contributed by atoms with Crippen molar-refractivity contribution < 1.29 is 0 Å². The highest BCUT2D eigenvalue weighted by atomic mass is 15.1. The second-order valence-electron chi connectivity index (χ2n) is 8.17. The Morgan fingerprint density at radius 1 is 0.654 bits per heavy atom. The van der Waals surface area contributed by atoms with Crippen LogP contribution in [0.3, 0.4) is 0 Å². The summed E-state index contributed by atoms with van der Waals surface area (Å²) in [6.07, 6.45) is 16.7. The molecule has 0 N–H and O–H groups in total. The molecule has 0 fully saturated rings. The first-order valence-corrected chi connectivity index (χ1v) is 11.5. The fraction of sp³-hybridized carbons (Fsp3) is 0.760. The van der Waals surface area contributed by atoms with E-state index < -0.39 is 0 Å². The number of nitrogens with zero attached hydrogens (tertiary/aromatic N) is 1. The van der Waals surface area contributed by atoms with E-state index in [1.807, 2.05) is 0 Å². The van der Waals surface area contributed by atoms with Crippen molar-refractivity contribution in [2.75, 3.05) is 13.1 Å². The van der Waals surface area contributed by atoms with Crippen LogP contribution in [-0.4, -0.2) is 18.0 Å². The topological polar surface area (TPSA) is 3.24 Å². The van der Waals surface area contributed by atoms with Crippen molar-refractivity contribution in [3.05, 3.63) is 34.9 Å². The average molecular weight is 360 g/mol. The van der Waals surface area contributed by atoms with Gasteiger partial charge in [-0.1, -0.05) is 96.3 Å². The quantitative estimate of drug-likeness (QED) is 0.272. The third-order valence-corrected chi connectivity index (χ3v) is 5.77. The van der Waals surface area contributed by atoms with Gasteiger partial charge < -0.3 is 0 Å². The first kappa shape index (κ1) is 23.2. The molecule has 1 aromatic rings. The number of rotatable bonds is 16. The lowest BCUT2D eigenvalue weighted by Crippen LogP contribution is -2.26. The van der Waals surface area contributed by atoms with Gasteiger partial charge in [-0.05, 0) is 56.5 Å². The van der Waals surface area contributed by atoms with Crippen LogP contribution in [0.1, 0.15) is 108 Å². The van der Waals surface area contributed by atoms with E-state index in [1.54, 1.807) is 0 Å². The second-order valence-corrected chi connectivity index (χ2v) is 8.17. The number of benzene rings is 1. The highest BCUT2D eigenvalue weighted by Gasteiger charge is 2.09. The molecular formula is C25H45N. The summed E-state index contributed by atoms with van der Waals surface area (Å²) in [5, 5.41) is 0. The molecule has 0 spiro atoms. The van der Waals surface area contributed by atoms with Crippen LogP contribution in [0.2, 0.25) is 0 Å². The fourth-order valence-electron chi connectivity index (χ4n) is 3.73. The van der Waals surface area contributed by atoms with Crippen molar-refractivity contribution in [1.82, 2.24) is 4.90 Å². The fourth-order valence-corrected chi connectivity index (χ4v) is 3.73. The van der Waals surface area contributed by atoms with Gasteiger partial charge in [-0.25, -0.2) is 0 Å². The summed E-state index contributed by atoms with van der Waals surface area (Å²) in [6.45, 7) is 12.8. The lowest BCUT2D eigenvalue weighted by Gasteiger charge is -2.24. The maximum Gasteiger partial charge on any atom is 0.0236 e. The van der Waals surface area contributed by atoms with E-state index in [2.05, 4.69) is 50.8 Å². The Balaban J connectivity index is 2.42. The van der Waals surface area contributed by atoms with Crippen LogP contribution >= 0.6 is 0 Å². The maximum atomic E-state index is 2.72. The van der Waals surface area contributed by atoms with Crippen molar-refractivity contribution in [2.24, 2.45) is 0 Å². The molecule has 0 radical (unpaired) electrons. The highest BCUT2D eigenvalue weighted by molar-refractivity contribution is 5.32. The average Bonchev–Trinajstić information content (AvgIpc) is 2.64. The number of hydrogen-bond donors (Lipinski definition) is 0. The first-order valence-electron chi connectivity index (χ1n) is 11.5. The molecule has 1 nitrogen and oxygen atoms in total. The van der Waals surface area contributed by atoms with Crippen molar-refractivity contribution >= 4 is 0 Å². The van der Waals surface area contributed by atoms with E-state index in [9.17, 15) is 0 Å². The molecule has 0 saturated carbocycles. The van der Waals surface area contributed by atoms with E-state index in [-0.39, 0.29) is 0 Å². The Hall–Kier alpha value is -0.820. The van der Waals surface area contributed by atoms with Gasteiger partial charge >= 0.3 is 0 Å². The van der Waals surface area contributed by atoms with Crippen molar-refractivity contribution in [2.45, 2.75) is 111 Å². The first-order chi connectivity index (χ1) is 12.7. The summed E-state index contributed by atoms with van der Waals surface area (Å²) in [4.78, 5) is 2.72. The van der Waals surface area contributed by atoms with Gasteiger partial charge in [0, 0.05) is 6.54 Å². The van der Waals surface area contributed by atoms with E-state index in [4.69, 9.17) is 0 Å². The molecule has 0 amide bonds. The summed E-state index contributed by atoms with van der Waals surface area (Å²) in [5.74, 6) is 0. The zero-order valence-electron chi connectivity index (χ0n) is 18.3. The monoisotopic (exact) mass is 359 g/mol. The Morgan fingerprint density at radius 3 is 1.69 bits per heavy atom. The van der Waals surface area contributed by atoms with Gasteiger partial charge in [0.15, 0.2) is 0 Å². The van der Waals surface area contributed by atoms with Crippen LogP contribution in [0, 0.1) is 13.8 Å². The Kier molecular flexibility index (Phi) is 13.6. The lowest BCUT2D eigenvalue weighted by molar-refractivity contribution is 0.251. The molecule has 0 aromatic heterocycles. The zero-order chi connectivity index (χ0) is 19.0. The molecule has 0 heterocycles. The smallest absolute Gasteiger partial charge is 0.0236 e. The molecule has 0 atom stereocenters. The van der Waals surface area contributed by atoms with Crippen LogP contribution in [-0.2, 0) is 6.54 Å². The van der Waals surface area contributed by atoms with Gasteiger partial charge in [-0.15, -0.1) is 0 Å². The van der Waals surface area contributed by atoms with Crippen LogP contribution in [0.5, 0.6) is 0 Å². The van der Waals surface area contributed by atoms with Gasteiger partial charge in [0.1, 0.15) is 0 Å². The van der Waals surface area contributed by atoms with Crippen molar-refractivity contribution in [3.63, 3.8) is 0 Å². The summed E-state index contributed by atoms with van der Waals surface area (Å²) >= 11 is 0. The van der Waals surface area contributed by atoms with Crippen LogP contribution < -0.4 is 0 Å². The predicted octanol–water partition coefficient (Wildman–Crippen LogP) is 7.83. The molecule has 0 unspecified atom stereocenters. The van der Waals surface area contributed by atoms with E-state index >= 15 is 0 Å². The molecule has 150 valence electrons. The third kappa shape index (κ3) is 10.4. The maximum absolute atomic E-state index is 2.72. The predicted molar refractivity (Wildman–Crippen MR) is 118 cm³/mol. The normalized spacial score (nSPS) is 11.4. The van der Waals surface area contributed by atoms with Gasteiger partial charge in [0.25, 0.3) is 0 Å². The SMILES string of the molecule is CCCCCCCCN(CCCCCCCC)Cc1cccc(C)c1C. The molecule has 0 aliphatic rings. The van der Waals surface area contributed by atoms with Crippen molar-refractivity contribution in [3.8, 4) is 0 Å². The van der Waals surface area contributed by atoms with Crippen LogP contribution in [0.15, 0.2) is 18.2 Å². The highest BCUT2D eigenvalue weighted by Crippen LogP contribution is 2.17. The summed E-state index contributed by atoms with van der Waals surface area (Å²) < 4.78 is 0. The van der Waals surface area contributed by atoms with Gasteiger partial charge in [0.05, 0.1) is 0 Å². The molecule has 0 bridgehead atoms. The van der Waals surface area contributed by atoms with E-state index in [1.165, 1.54) is 107 Å². The minimum Gasteiger partial charge on any atom is -0.299 e. The summed E-state index contributed by atoms with van der Waals surface area (Å²) in [6, 6.07) is 6.80. The number of hydrogen-bond acceptors (Lipinski definition) is 1. The third-order valence-electron chi connectivity index (χ3n) is 5.77. The molecule has 0 aliphatic carbocycles. The van der Waals surface area contributed by atoms with Crippen LogP contribution in [0.4, 0.5) is 0 Å². The minimum atomic E-state index is 1.14. The molecule has 0 aliphatic heterocycles. The molecule has 1 aromatic carbocycles. The lowest BCUT2D eigenvalue weighted by atomic mass is 10.0. The number of unbranched alkanes of at least 4 members (excludes halogenated alkanes) is 10. The number of aryl methyl sites for hydroxylation is 1. The Morgan fingerprint density at radius 2 is 1.15 bits per heavy atom. The minimum absolute atomic E-state index is 1.14. The molecule has 1 rings (SSSR count). The van der Waals surface area contributed by atoms with Gasteiger partial charge in [0.2, 0.25) is 0 Å². The summed E-state index contributed by atoms with van der Waals surface area (Å²) in [7, 11) is 0. The van der Waals surface area contributed by atoms with Gasteiger partial charge in [-0.2, -0.15) is 0 Å². The van der Waals surface area contributed by atoms with Gasteiger partial charge in [-0.3, -0.25) is 4.90 Å². The largest absolute Gasteiger partial charge is 0.299 e. The standard InChI is InChI=1S/C25H45N/c1-5-7-9-11-13-15-20-26(21-16-14-12-10-8-6-2)22-25-19-17-18-23(3)24(25)4/h17-19H,5-16,20-22H2,1-4H3. The van der Waals surface area contributed by atoms with E-state index in [0.29, 0.717) is 0 Å². The van der Waals surface area contributed by atoms with Crippen molar-refractivity contribution in [1.29, 1.82) is 0 Å². The van der Waals surface area contributed by atoms with E-state index in [0.717, 1.165) is 6.54 Å². The molecule has 0 saturated heterocycles. The zero-order valence-corrected chi connectivity index (χ0v) is 18.3. The summed E-state index contributed by atoms with van der Waals surface area (Å²) in [5.41, 5.74) is 4.45.